The summed E-state index contributed by atoms with van der Waals surface area (Å²) in [4.78, 5) is 0. The smallest absolute Gasteiger partial charge is 0.143 e. The first-order valence-electron chi connectivity index (χ1n) is 5.20. The van der Waals surface area contributed by atoms with Crippen molar-refractivity contribution in [2.24, 2.45) is 0 Å². The molecule has 1 aromatic rings. The zero-order chi connectivity index (χ0) is 11.5. The molecule has 15 heavy (non-hydrogen) atoms. The van der Waals surface area contributed by atoms with E-state index >= 15 is 0 Å². The molecule has 0 saturated carbocycles. The van der Waals surface area contributed by atoms with Crippen molar-refractivity contribution >= 4 is 11.4 Å². The summed E-state index contributed by atoms with van der Waals surface area (Å²) in [5, 5.41) is 3.43. The first kappa shape index (κ1) is 11.7. The van der Waals surface area contributed by atoms with E-state index in [-0.39, 0.29) is 5.54 Å². The van der Waals surface area contributed by atoms with Gasteiger partial charge in [0.25, 0.3) is 0 Å². The summed E-state index contributed by atoms with van der Waals surface area (Å²) in [6.45, 7) is 6.48. The van der Waals surface area contributed by atoms with E-state index in [1.165, 1.54) is 0 Å². The summed E-state index contributed by atoms with van der Waals surface area (Å²) in [6.07, 6.45) is 1.06. The summed E-state index contributed by atoms with van der Waals surface area (Å²) in [5.41, 5.74) is 7.53. The number of nitrogens with two attached hydrogens (primary N) is 1. The van der Waals surface area contributed by atoms with E-state index in [1.807, 2.05) is 18.2 Å². The molecule has 0 fully saturated rings. The van der Waals surface area contributed by atoms with Gasteiger partial charge in [0.1, 0.15) is 5.75 Å². The van der Waals surface area contributed by atoms with Gasteiger partial charge in [-0.15, -0.1) is 0 Å². The highest BCUT2D eigenvalue weighted by Crippen LogP contribution is 2.27. The second-order valence-corrected chi connectivity index (χ2v) is 4.32. The Morgan fingerprint density at radius 2 is 2.07 bits per heavy atom. The third kappa shape index (κ3) is 3.05. The van der Waals surface area contributed by atoms with Crippen molar-refractivity contribution in [2.75, 3.05) is 18.2 Å². The largest absolute Gasteiger partial charge is 0.495 e. The summed E-state index contributed by atoms with van der Waals surface area (Å²) in [5.74, 6) is 0.715. The molecule has 0 aliphatic heterocycles. The Morgan fingerprint density at radius 1 is 1.40 bits per heavy atom. The van der Waals surface area contributed by atoms with Crippen LogP contribution in [0, 0.1) is 0 Å². The maximum absolute atomic E-state index is 5.74. The van der Waals surface area contributed by atoms with Gasteiger partial charge >= 0.3 is 0 Å². The minimum Gasteiger partial charge on any atom is -0.495 e. The molecule has 0 bridgehead atoms. The second kappa shape index (κ2) is 4.43. The third-order valence-electron chi connectivity index (χ3n) is 2.60. The normalized spacial score (nSPS) is 11.2. The lowest BCUT2D eigenvalue weighted by atomic mass is 10.0. The fraction of sp³-hybridized carbons (Fsp3) is 0.500. The van der Waals surface area contributed by atoms with Crippen LogP contribution in [0.1, 0.15) is 27.2 Å². The first-order chi connectivity index (χ1) is 6.98. The van der Waals surface area contributed by atoms with Gasteiger partial charge in [-0.25, -0.2) is 0 Å². The van der Waals surface area contributed by atoms with Gasteiger partial charge in [0.2, 0.25) is 0 Å². The fourth-order valence-corrected chi connectivity index (χ4v) is 1.27. The Labute approximate surface area is 91.6 Å². The van der Waals surface area contributed by atoms with E-state index in [1.54, 1.807) is 7.11 Å². The molecule has 0 radical (unpaired) electrons. The SMILES string of the molecule is CCC(C)(C)Nc1ccc(N)c(OC)c1. The lowest BCUT2D eigenvalue weighted by Crippen LogP contribution is -2.29. The lowest BCUT2D eigenvalue weighted by Gasteiger charge is -2.26. The minimum absolute atomic E-state index is 0.0845. The number of nitrogens with one attached hydrogen (secondary N) is 1. The molecule has 1 aromatic carbocycles. The highest BCUT2D eigenvalue weighted by atomic mass is 16.5. The number of benzene rings is 1. The van der Waals surface area contributed by atoms with Crippen molar-refractivity contribution in [3.05, 3.63) is 18.2 Å². The maximum Gasteiger partial charge on any atom is 0.143 e. The van der Waals surface area contributed by atoms with E-state index in [0.29, 0.717) is 11.4 Å². The molecule has 84 valence electrons. The van der Waals surface area contributed by atoms with E-state index in [2.05, 4.69) is 26.1 Å². The van der Waals surface area contributed by atoms with Crippen molar-refractivity contribution in [3.8, 4) is 5.75 Å². The Kier molecular flexibility index (Phi) is 3.45. The molecule has 3 nitrogen and oxygen atoms in total. The van der Waals surface area contributed by atoms with Gasteiger partial charge in [0.05, 0.1) is 12.8 Å². The fourth-order valence-electron chi connectivity index (χ4n) is 1.27. The Morgan fingerprint density at radius 3 is 2.60 bits per heavy atom. The number of nitrogen functional groups attached to an aromatic ring is 1. The van der Waals surface area contributed by atoms with Crippen LogP contribution < -0.4 is 15.8 Å². The van der Waals surface area contributed by atoms with Crippen LogP contribution in [0.25, 0.3) is 0 Å². The predicted octanol–water partition coefficient (Wildman–Crippen LogP) is 2.88. The van der Waals surface area contributed by atoms with Gasteiger partial charge in [-0.05, 0) is 32.4 Å². The van der Waals surface area contributed by atoms with Crippen LogP contribution in [-0.2, 0) is 0 Å². The number of methoxy groups -OCH3 is 1. The average Bonchev–Trinajstić information content (AvgIpc) is 2.20. The van der Waals surface area contributed by atoms with E-state index in [0.717, 1.165) is 12.1 Å². The van der Waals surface area contributed by atoms with Crippen LogP contribution in [0.3, 0.4) is 0 Å². The van der Waals surface area contributed by atoms with Gasteiger partial charge in [-0.1, -0.05) is 6.92 Å². The molecule has 0 aromatic heterocycles. The van der Waals surface area contributed by atoms with Crippen LogP contribution in [0.5, 0.6) is 5.75 Å². The van der Waals surface area contributed by atoms with Gasteiger partial charge in [-0.3, -0.25) is 0 Å². The standard InChI is InChI=1S/C12H20N2O/c1-5-12(2,3)14-9-6-7-10(13)11(8-9)15-4/h6-8,14H,5,13H2,1-4H3. The molecule has 0 saturated heterocycles. The van der Waals surface area contributed by atoms with Crippen molar-refractivity contribution in [2.45, 2.75) is 32.7 Å². The van der Waals surface area contributed by atoms with Crippen LogP contribution in [0.4, 0.5) is 11.4 Å². The first-order valence-corrected chi connectivity index (χ1v) is 5.20. The van der Waals surface area contributed by atoms with E-state index in [9.17, 15) is 0 Å². The van der Waals surface area contributed by atoms with Crippen LogP contribution in [0.2, 0.25) is 0 Å². The van der Waals surface area contributed by atoms with Gasteiger partial charge < -0.3 is 15.8 Å². The lowest BCUT2D eigenvalue weighted by molar-refractivity contribution is 0.417. The monoisotopic (exact) mass is 208 g/mol. The maximum atomic E-state index is 5.74. The van der Waals surface area contributed by atoms with Crippen LogP contribution in [0.15, 0.2) is 18.2 Å². The highest BCUT2D eigenvalue weighted by Gasteiger charge is 2.14. The topological polar surface area (TPSA) is 47.3 Å². The van der Waals surface area contributed by atoms with E-state index in [4.69, 9.17) is 10.5 Å². The molecule has 0 atom stereocenters. The molecular weight excluding hydrogens is 188 g/mol. The second-order valence-electron chi connectivity index (χ2n) is 4.32. The Balaban J connectivity index is 2.87. The zero-order valence-corrected chi connectivity index (χ0v) is 9.92. The van der Waals surface area contributed by atoms with Crippen LogP contribution >= 0.6 is 0 Å². The highest BCUT2D eigenvalue weighted by molar-refractivity contribution is 5.61. The molecule has 0 unspecified atom stereocenters. The molecule has 0 spiro atoms. The van der Waals surface area contributed by atoms with Crippen molar-refractivity contribution < 1.29 is 4.74 Å². The molecule has 0 heterocycles. The number of anilines is 2. The zero-order valence-electron chi connectivity index (χ0n) is 9.92. The summed E-state index contributed by atoms with van der Waals surface area (Å²) >= 11 is 0. The van der Waals surface area contributed by atoms with Crippen LogP contribution in [-0.4, -0.2) is 12.6 Å². The summed E-state index contributed by atoms with van der Waals surface area (Å²) < 4.78 is 5.17. The minimum atomic E-state index is 0.0845. The summed E-state index contributed by atoms with van der Waals surface area (Å²) in [6, 6.07) is 5.74. The average molecular weight is 208 g/mol. The summed E-state index contributed by atoms with van der Waals surface area (Å²) in [7, 11) is 1.63. The van der Waals surface area contributed by atoms with Gasteiger partial charge in [0.15, 0.2) is 0 Å². The molecule has 0 amide bonds. The Hall–Kier alpha value is -1.38. The van der Waals surface area contributed by atoms with Gasteiger partial charge in [0, 0.05) is 17.3 Å². The van der Waals surface area contributed by atoms with Crippen molar-refractivity contribution in [3.63, 3.8) is 0 Å². The number of rotatable bonds is 4. The molecule has 3 N–H and O–H groups in total. The van der Waals surface area contributed by atoms with E-state index < -0.39 is 0 Å². The molecule has 1 rings (SSSR count). The number of hydrogen-bond donors (Lipinski definition) is 2. The quantitative estimate of drug-likeness (QED) is 0.748. The number of hydrogen-bond acceptors (Lipinski definition) is 3. The predicted molar refractivity (Wildman–Crippen MR) is 65.4 cm³/mol. The van der Waals surface area contributed by atoms with Gasteiger partial charge in [-0.2, -0.15) is 0 Å². The number of ether oxygens (including phenoxy) is 1. The molecular formula is C12H20N2O. The third-order valence-corrected chi connectivity index (χ3v) is 2.60. The molecule has 0 aliphatic rings. The Bertz CT molecular complexity index is 334. The van der Waals surface area contributed by atoms with Crippen molar-refractivity contribution in [1.29, 1.82) is 0 Å². The molecule has 3 heteroatoms. The van der Waals surface area contributed by atoms with Crippen molar-refractivity contribution in [1.82, 2.24) is 0 Å². The molecule has 0 aliphatic carbocycles.